The van der Waals surface area contributed by atoms with E-state index in [0.717, 1.165) is 24.8 Å². The van der Waals surface area contributed by atoms with Crippen LogP contribution in [-0.4, -0.2) is 48.3 Å². The number of rotatable bonds is 14. The van der Waals surface area contributed by atoms with Gasteiger partial charge in [-0.05, 0) is 64.2 Å². The van der Waals surface area contributed by atoms with Crippen molar-refractivity contribution in [2.24, 2.45) is 11.3 Å². The van der Waals surface area contributed by atoms with Crippen LogP contribution in [0.3, 0.4) is 0 Å². The first-order valence-electron chi connectivity index (χ1n) is 12.9. The molecule has 8 nitrogen and oxygen atoms in total. The lowest BCUT2D eigenvalue weighted by atomic mass is 9.75. The normalized spacial score (nSPS) is 16.7. The molecular formula is C28H43NO7. The molecule has 2 N–H and O–H groups in total. The van der Waals surface area contributed by atoms with Crippen LogP contribution < -0.4 is 10.1 Å². The Bertz CT molecular complexity index is 871. The van der Waals surface area contributed by atoms with Crippen molar-refractivity contribution in [3.8, 4) is 5.75 Å². The molecule has 1 aliphatic rings. The molecule has 0 bridgehead atoms. The van der Waals surface area contributed by atoms with Crippen molar-refractivity contribution in [2.75, 3.05) is 13.7 Å². The molecule has 1 saturated carbocycles. The minimum atomic E-state index is -1.01. The summed E-state index contributed by atoms with van der Waals surface area (Å²) in [6.07, 6.45) is 4.76. The van der Waals surface area contributed by atoms with Crippen LogP contribution in [0.2, 0.25) is 0 Å². The first kappa shape index (κ1) is 29.6. The van der Waals surface area contributed by atoms with Crippen LogP contribution in [0, 0.1) is 11.3 Å². The zero-order valence-corrected chi connectivity index (χ0v) is 22.4. The molecule has 1 fully saturated rings. The Kier molecular flexibility index (Phi) is 11.2. The minimum absolute atomic E-state index is 0.0653. The maximum absolute atomic E-state index is 13.6. The smallest absolute Gasteiger partial charge is 0.309 e. The number of esters is 1. The number of amides is 1. The number of hydrogen-bond donors (Lipinski definition) is 2. The van der Waals surface area contributed by atoms with Crippen molar-refractivity contribution in [3.63, 3.8) is 0 Å². The number of carbonyl (C=O) groups excluding carboxylic acids is 2. The fourth-order valence-electron chi connectivity index (χ4n) is 4.87. The number of ether oxygens (including phenoxy) is 3. The van der Waals surface area contributed by atoms with E-state index < -0.39 is 23.0 Å². The number of nitrogens with one attached hydrogen (secondary N) is 1. The van der Waals surface area contributed by atoms with E-state index in [4.69, 9.17) is 14.2 Å². The van der Waals surface area contributed by atoms with Crippen LogP contribution in [0.5, 0.6) is 5.75 Å². The SMILES string of the molecule is CCC[C@H](CC1(C(=O)N[C@H](COCc2cccc(OC)c2)CC(=O)O)CCCC1)C(=O)OC(C)(C)C. The standard InChI is InChI=1S/C28H43NO7/c1-6-10-21(25(32)36-27(2,3)4)17-28(13-7-8-14-28)26(33)29-22(16-24(30)31)19-35-18-20-11-9-12-23(15-20)34-5/h9,11-12,15,21-22H,6-8,10,13-14,16-19H2,1-5H3,(H,29,33)(H,30,31)/t21-,22+/m1/s1. The number of carbonyl (C=O) groups is 3. The van der Waals surface area contributed by atoms with Crippen molar-refractivity contribution in [1.29, 1.82) is 0 Å². The summed E-state index contributed by atoms with van der Waals surface area (Å²) in [5.74, 6) is -1.14. The molecule has 202 valence electrons. The fourth-order valence-corrected chi connectivity index (χ4v) is 4.87. The molecule has 1 aliphatic carbocycles. The molecule has 0 unspecified atom stereocenters. The summed E-state index contributed by atoms with van der Waals surface area (Å²) in [5.41, 5.74) is -0.414. The molecule has 36 heavy (non-hydrogen) atoms. The number of hydrogen-bond acceptors (Lipinski definition) is 6. The van der Waals surface area contributed by atoms with Crippen molar-refractivity contribution < 1.29 is 33.7 Å². The summed E-state index contributed by atoms with van der Waals surface area (Å²) >= 11 is 0. The lowest BCUT2D eigenvalue weighted by molar-refractivity contribution is -0.162. The summed E-state index contributed by atoms with van der Waals surface area (Å²) in [7, 11) is 1.59. The molecule has 2 atom stereocenters. The minimum Gasteiger partial charge on any atom is -0.497 e. The molecule has 0 radical (unpaired) electrons. The Morgan fingerprint density at radius 1 is 1.17 bits per heavy atom. The predicted octanol–water partition coefficient (Wildman–Crippen LogP) is 4.88. The largest absolute Gasteiger partial charge is 0.497 e. The molecule has 0 aliphatic heterocycles. The van der Waals surface area contributed by atoms with Crippen molar-refractivity contribution >= 4 is 17.8 Å². The molecule has 0 spiro atoms. The van der Waals surface area contributed by atoms with Crippen LogP contribution in [0.4, 0.5) is 0 Å². The van der Waals surface area contributed by atoms with Crippen LogP contribution in [-0.2, 0) is 30.5 Å². The summed E-state index contributed by atoms with van der Waals surface area (Å²) in [6, 6.07) is 6.76. The van der Waals surface area contributed by atoms with Crippen molar-refractivity contribution in [3.05, 3.63) is 29.8 Å². The Morgan fingerprint density at radius 2 is 1.86 bits per heavy atom. The van der Waals surface area contributed by atoms with E-state index in [1.54, 1.807) is 7.11 Å². The van der Waals surface area contributed by atoms with E-state index in [-0.39, 0.29) is 37.4 Å². The van der Waals surface area contributed by atoms with Crippen LogP contribution in [0.25, 0.3) is 0 Å². The fraction of sp³-hybridized carbons (Fsp3) is 0.679. The van der Waals surface area contributed by atoms with E-state index >= 15 is 0 Å². The molecule has 1 aromatic rings. The third kappa shape index (κ3) is 9.45. The van der Waals surface area contributed by atoms with Gasteiger partial charge < -0.3 is 24.6 Å². The molecule has 0 heterocycles. The summed E-state index contributed by atoms with van der Waals surface area (Å²) in [4.78, 5) is 38.0. The number of carboxylic acid groups (broad SMARTS) is 1. The second-order valence-corrected chi connectivity index (χ2v) is 10.8. The molecule has 0 saturated heterocycles. The maximum Gasteiger partial charge on any atom is 0.309 e. The van der Waals surface area contributed by atoms with Crippen molar-refractivity contribution in [1.82, 2.24) is 5.32 Å². The Labute approximate surface area is 215 Å². The molecular weight excluding hydrogens is 462 g/mol. The molecule has 1 amide bonds. The van der Waals surface area contributed by atoms with E-state index in [1.807, 2.05) is 52.0 Å². The number of methoxy groups -OCH3 is 1. The van der Waals surface area contributed by atoms with Gasteiger partial charge in [0.2, 0.25) is 5.91 Å². The van der Waals surface area contributed by atoms with E-state index in [9.17, 15) is 19.5 Å². The highest BCUT2D eigenvalue weighted by Gasteiger charge is 2.45. The third-order valence-electron chi connectivity index (χ3n) is 6.53. The highest BCUT2D eigenvalue weighted by Crippen LogP contribution is 2.45. The summed E-state index contributed by atoms with van der Waals surface area (Å²) in [6.45, 7) is 7.87. The van der Waals surface area contributed by atoms with E-state index in [0.29, 0.717) is 31.4 Å². The molecule has 2 rings (SSSR count). The summed E-state index contributed by atoms with van der Waals surface area (Å²) in [5, 5.41) is 12.4. The summed E-state index contributed by atoms with van der Waals surface area (Å²) < 4.78 is 16.7. The number of benzene rings is 1. The first-order valence-corrected chi connectivity index (χ1v) is 12.9. The van der Waals surface area contributed by atoms with Gasteiger partial charge in [0, 0.05) is 0 Å². The van der Waals surface area contributed by atoms with Crippen LogP contribution >= 0.6 is 0 Å². The maximum atomic E-state index is 13.6. The predicted molar refractivity (Wildman–Crippen MR) is 137 cm³/mol. The zero-order valence-electron chi connectivity index (χ0n) is 22.4. The Hall–Kier alpha value is -2.61. The first-order chi connectivity index (χ1) is 17.0. The number of aliphatic carboxylic acids is 1. The second-order valence-electron chi connectivity index (χ2n) is 10.8. The lowest BCUT2D eigenvalue weighted by Gasteiger charge is -2.33. The molecule has 8 heteroatoms. The highest BCUT2D eigenvalue weighted by molar-refractivity contribution is 5.85. The topological polar surface area (TPSA) is 111 Å². The van der Waals surface area contributed by atoms with Crippen LogP contribution in [0.1, 0.15) is 84.6 Å². The number of carboxylic acids is 1. The van der Waals surface area contributed by atoms with Crippen LogP contribution in [0.15, 0.2) is 24.3 Å². The highest BCUT2D eigenvalue weighted by atomic mass is 16.6. The average molecular weight is 506 g/mol. The van der Waals surface area contributed by atoms with E-state index in [2.05, 4.69) is 5.32 Å². The third-order valence-corrected chi connectivity index (χ3v) is 6.53. The second kappa shape index (κ2) is 13.6. The molecule has 0 aromatic heterocycles. The zero-order chi connectivity index (χ0) is 26.8. The Balaban J connectivity index is 2.09. The van der Waals surface area contributed by atoms with Gasteiger partial charge in [0.1, 0.15) is 11.4 Å². The van der Waals surface area contributed by atoms with Gasteiger partial charge in [-0.3, -0.25) is 14.4 Å². The van der Waals surface area contributed by atoms with Crippen molar-refractivity contribution in [2.45, 2.75) is 97.3 Å². The van der Waals surface area contributed by atoms with Gasteiger partial charge in [0.15, 0.2) is 0 Å². The van der Waals surface area contributed by atoms with Gasteiger partial charge in [0.05, 0.1) is 44.1 Å². The monoisotopic (exact) mass is 505 g/mol. The van der Waals surface area contributed by atoms with Gasteiger partial charge in [-0.25, -0.2) is 0 Å². The average Bonchev–Trinajstić information content (AvgIpc) is 3.27. The Morgan fingerprint density at radius 3 is 2.44 bits per heavy atom. The van der Waals surface area contributed by atoms with Gasteiger partial charge in [0.25, 0.3) is 0 Å². The van der Waals surface area contributed by atoms with Gasteiger partial charge in [-0.1, -0.05) is 38.3 Å². The quantitative estimate of drug-likeness (QED) is 0.347. The lowest BCUT2D eigenvalue weighted by Crippen LogP contribution is -2.48. The molecule has 1 aromatic carbocycles. The van der Waals surface area contributed by atoms with Gasteiger partial charge in [-0.15, -0.1) is 0 Å². The van der Waals surface area contributed by atoms with Gasteiger partial charge >= 0.3 is 11.9 Å². The van der Waals surface area contributed by atoms with Gasteiger partial charge in [-0.2, -0.15) is 0 Å². The van der Waals surface area contributed by atoms with E-state index in [1.165, 1.54) is 0 Å².